The van der Waals surface area contributed by atoms with E-state index in [1.807, 2.05) is 43.3 Å². The minimum atomic E-state index is -0.424. The van der Waals surface area contributed by atoms with Crippen LogP contribution >= 0.6 is 11.8 Å². The molecule has 1 aliphatic rings. The van der Waals surface area contributed by atoms with E-state index in [4.69, 9.17) is 4.74 Å². The topological polar surface area (TPSA) is 91.0 Å². The fourth-order valence-electron chi connectivity index (χ4n) is 2.88. The Labute approximate surface area is 179 Å². The second kappa shape index (κ2) is 9.53. The fourth-order valence-corrected chi connectivity index (χ4v) is 3.99. The van der Waals surface area contributed by atoms with Gasteiger partial charge in [0.05, 0.1) is 5.75 Å². The quantitative estimate of drug-likeness (QED) is 0.704. The van der Waals surface area contributed by atoms with Crippen molar-refractivity contribution in [2.75, 3.05) is 36.7 Å². The van der Waals surface area contributed by atoms with Crippen molar-refractivity contribution in [2.24, 2.45) is 0 Å². The number of hydrogen-bond acceptors (Lipinski definition) is 6. The Hall–Kier alpha value is -3.20. The molecule has 2 N–H and O–H groups in total. The maximum Gasteiger partial charge on any atom is 0.276 e. The Morgan fingerprint density at radius 1 is 1.13 bits per heavy atom. The first-order valence-electron chi connectivity index (χ1n) is 9.34. The number of nitrogens with one attached hydrogen (secondary N) is 2. The van der Waals surface area contributed by atoms with Gasteiger partial charge in [0.15, 0.2) is 6.61 Å². The Kier molecular flexibility index (Phi) is 6.83. The van der Waals surface area contributed by atoms with E-state index in [-0.39, 0.29) is 23.8 Å². The summed E-state index contributed by atoms with van der Waals surface area (Å²) in [4.78, 5) is 37.7. The van der Waals surface area contributed by atoms with Crippen molar-refractivity contribution in [1.82, 2.24) is 10.4 Å². The molecule has 3 amide bonds. The van der Waals surface area contributed by atoms with Gasteiger partial charge in [0, 0.05) is 32.4 Å². The van der Waals surface area contributed by atoms with Gasteiger partial charge in [-0.05, 0) is 42.0 Å². The summed E-state index contributed by atoms with van der Waals surface area (Å²) in [5.41, 5.74) is 5.29. The molecular formula is C21H24N4O4S. The summed E-state index contributed by atoms with van der Waals surface area (Å²) in [6.07, 6.45) is 0. The summed E-state index contributed by atoms with van der Waals surface area (Å²) in [6, 6.07) is 14.6. The van der Waals surface area contributed by atoms with Crippen LogP contribution < -0.4 is 20.4 Å². The first kappa shape index (κ1) is 21.5. The molecule has 1 aliphatic heterocycles. The Bertz CT molecular complexity index is 916. The second-order valence-corrected chi connectivity index (χ2v) is 8.01. The zero-order valence-corrected chi connectivity index (χ0v) is 17.9. The molecule has 0 spiro atoms. The first-order chi connectivity index (χ1) is 14.3. The standard InChI is InChI=1S/C21H24N4O4S/c1-14(26)22-16-6-10-18(11-7-16)29-12-19(27)23-25-20(28)13-30-21(25)15-4-8-17(9-5-15)24(2)3/h4-11,21H,12-13H2,1-3H3,(H,22,26)(H,23,27). The molecule has 9 heteroatoms. The minimum Gasteiger partial charge on any atom is -0.484 e. The van der Waals surface area contributed by atoms with E-state index in [9.17, 15) is 14.4 Å². The van der Waals surface area contributed by atoms with Gasteiger partial charge in [-0.2, -0.15) is 0 Å². The normalized spacial score (nSPS) is 15.6. The van der Waals surface area contributed by atoms with Gasteiger partial charge in [0.25, 0.3) is 11.8 Å². The molecule has 30 heavy (non-hydrogen) atoms. The van der Waals surface area contributed by atoms with Crippen LogP contribution in [0.1, 0.15) is 17.9 Å². The molecule has 1 heterocycles. The van der Waals surface area contributed by atoms with Gasteiger partial charge in [-0.1, -0.05) is 12.1 Å². The highest BCUT2D eigenvalue weighted by molar-refractivity contribution is 8.00. The van der Waals surface area contributed by atoms with E-state index in [1.165, 1.54) is 23.7 Å². The zero-order valence-electron chi connectivity index (χ0n) is 17.0. The molecule has 0 saturated carbocycles. The lowest BCUT2D eigenvalue weighted by atomic mass is 10.2. The minimum absolute atomic E-state index is 0.158. The summed E-state index contributed by atoms with van der Waals surface area (Å²) in [6.45, 7) is 1.19. The van der Waals surface area contributed by atoms with Crippen molar-refractivity contribution in [2.45, 2.75) is 12.3 Å². The van der Waals surface area contributed by atoms with Gasteiger partial charge in [0.1, 0.15) is 11.1 Å². The summed E-state index contributed by atoms with van der Waals surface area (Å²) in [5.74, 6) is 0.0342. The van der Waals surface area contributed by atoms with Crippen molar-refractivity contribution in [3.63, 3.8) is 0 Å². The van der Waals surface area contributed by atoms with E-state index in [0.29, 0.717) is 17.2 Å². The third-order valence-electron chi connectivity index (χ3n) is 4.35. The zero-order chi connectivity index (χ0) is 21.7. The van der Waals surface area contributed by atoms with E-state index in [2.05, 4.69) is 10.7 Å². The van der Waals surface area contributed by atoms with E-state index < -0.39 is 5.91 Å². The van der Waals surface area contributed by atoms with Crippen LogP contribution in [0.2, 0.25) is 0 Å². The Morgan fingerprint density at radius 2 is 1.80 bits per heavy atom. The number of carbonyl (C=O) groups excluding carboxylic acids is 3. The molecule has 0 radical (unpaired) electrons. The van der Waals surface area contributed by atoms with Crippen molar-refractivity contribution < 1.29 is 19.1 Å². The number of thioether (sulfide) groups is 1. The van der Waals surface area contributed by atoms with Crippen LogP contribution in [0, 0.1) is 0 Å². The number of amides is 3. The summed E-state index contributed by atoms with van der Waals surface area (Å²) >= 11 is 1.46. The first-order valence-corrected chi connectivity index (χ1v) is 10.4. The average Bonchev–Trinajstić information content (AvgIpc) is 3.07. The van der Waals surface area contributed by atoms with Gasteiger partial charge in [-0.15, -0.1) is 11.8 Å². The molecule has 1 unspecified atom stereocenters. The van der Waals surface area contributed by atoms with Crippen molar-refractivity contribution in [1.29, 1.82) is 0 Å². The molecule has 8 nitrogen and oxygen atoms in total. The molecular weight excluding hydrogens is 404 g/mol. The number of nitrogens with zero attached hydrogens (tertiary/aromatic N) is 2. The maximum atomic E-state index is 12.3. The van der Waals surface area contributed by atoms with Gasteiger partial charge in [-0.3, -0.25) is 19.8 Å². The van der Waals surface area contributed by atoms with E-state index in [1.54, 1.807) is 24.3 Å². The third kappa shape index (κ3) is 5.44. The summed E-state index contributed by atoms with van der Waals surface area (Å²) in [7, 11) is 3.92. The largest absolute Gasteiger partial charge is 0.484 e. The highest BCUT2D eigenvalue weighted by atomic mass is 32.2. The lowest BCUT2D eigenvalue weighted by molar-refractivity contribution is -0.140. The van der Waals surface area contributed by atoms with Gasteiger partial charge >= 0.3 is 0 Å². The summed E-state index contributed by atoms with van der Waals surface area (Å²) in [5, 5.41) is 3.74. The highest BCUT2D eigenvalue weighted by Gasteiger charge is 2.34. The fraction of sp³-hybridized carbons (Fsp3) is 0.286. The molecule has 1 fully saturated rings. The molecule has 2 aromatic carbocycles. The molecule has 0 aliphatic carbocycles. The van der Waals surface area contributed by atoms with Crippen LogP contribution in [-0.4, -0.2) is 49.2 Å². The van der Waals surface area contributed by atoms with E-state index in [0.717, 1.165) is 11.3 Å². The molecule has 158 valence electrons. The van der Waals surface area contributed by atoms with Crippen LogP contribution in [0.25, 0.3) is 0 Å². The Morgan fingerprint density at radius 3 is 2.40 bits per heavy atom. The molecule has 2 aromatic rings. The monoisotopic (exact) mass is 428 g/mol. The number of hydrazine groups is 1. The molecule has 1 saturated heterocycles. The highest BCUT2D eigenvalue weighted by Crippen LogP contribution is 2.37. The SMILES string of the molecule is CC(=O)Nc1ccc(OCC(=O)NN2C(=O)CSC2c2ccc(N(C)C)cc2)cc1. The molecule has 0 aromatic heterocycles. The molecule has 1 atom stereocenters. The van der Waals surface area contributed by atoms with Gasteiger partial charge < -0.3 is 15.0 Å². The smallest absolute Gasteiger partial charge is 0.276 e. The summed E-state index contributed by atoms with van der Waals surface area (Å²) < 4.78 is 5.48. The van der Waals surface area contributed by atoms with Crippen LogP contribution in [-0.2, 0) is 14.4 Å². The van der Waals surface area contributed by atoms with Crippen LogP contribution in [0.3, 0.4) is 0 Å². The Balaban J connectivity index is 1.57. The van der Waals surface area contributed by atoms with Crippen LogP contribution in [0.4, 0.5) is 11.4 Å². The number of hydrogen-bond donors (Lipinski definition) is 2. The molecule has 0 bridgehead atoms. The van der Waals surface area contributed by atoms with Crippen molar-refractivity contribution in [3.05, 3.63) is 54.1 Å². The molecule has 3 rings (SSSR count). The number of carbonyl (C=O) groups is 3. The predicted molar refractivity (Wildman–Crippen MR) is 117 cm³/mol. The van der Waals surface area contributed by atoms with Crippen LogP contribution in [0.15, 0.2) is 48.5 Å². The number of ether oxygens (including phenoxy) is 1. The predicted octanol–water partition coefficient (Wildman–Crippen LogP) is 2.40. The maximum absolute atomic E-state index is 12.3. The van der Waals surface area contributed by atoms with E-state index >= 15 is 0 Å². The van der Waals surface area contributed by atoms with Gasteiger partial charge in [0.2, 0.25) is 5.91 Å². The van der Waals surface area contributed by atoms with Gasteiger partial charge in [-0.25, -0.2) is 5.01 Å². The lowest BCUT2D eigenvalue weighted by Gasteiger charge is -2.25. The van der Waals surface area contributed by atoms with Crippen LogP contribution in [0.5, 0.6) is 5.75 Å². The number of anilines is 2. The van der Waals surface area contributed by atoms with Crippen molar-refractivity contribution in [3.8, 4) is 5.75 Å². The second-order valence-electron chi connectivity index (χ2n) is 6.94. The lowest BCUT2D eigenvalue weighted by Crippen LogP contribution is -2.46. The third-order valence-corrected chi connectivity index (χ3v) is 5.56. The number of benzene rings is 2. The van der Waals surface area contributed by atoms with Crippen molar-refractivity contribution >= 4 is 40.9 Å². The average molecular weight is 429 g/mol. The number of rotatable bonds is 7.